The second kappa shape index (κ2) is 13.9. The predicted molar refractivity (Wildman–Crippen MR) is 195 cm³/mol. The van der Waals surface area contributed by atoms with Gasteiger partial charge < -0.3 is 15.5 Å². The number of piperidine rings is 6. The Bertz CT molecular complexity index is 1830. The van der Waals surface area contributed by atoms with Crippen LogP contribution in [-0.4, -0.2) is 81.9 Å². The van der Waals surface area contributed by atoms with Gasteiger partial charge >= 0.3 is 0 Å². The molecule has 8 aliphatic rings. The van der Waals surface area contributed by atoms with Crippen LogP contribution < -0.4 is 11.2 Å². The number of rotatable bonds is 1. The van der Waals surface area contributed by atoms with Gasteiger partial charge in [-0.1, -0.05) is 45.4 Å². The zero-order chi connectivity index (χ0) is 31.8. The van der Waals surface area contributed by atoms with Crippen LogP contribution in [0.15, 0.2) is 87.7 Å². The average molecular weight is 734 g/mol. The molecule has 7 saturated heterocycles. The molecule has 0 amide bonds. The summed E-state index contributed by atoms with van der Waals surface area (Å²) in [5, 5.41) is 6.22. The van der Waals surface area contributed by atoms with Gasteiger partial charge in [0.25, 0.3) is 0 Å². The molecule has 10 heterocycles. The van der Waals surface area contributed by atoms with E-state index in [1.165, 1.54) is 57.2 Å². The smallest absolute Gasteiger partial charge is 0.160 e. The molecule has 10 nitrogen and oxygen atoms in total. The van der Waals surface area contributed by atoms with Crippen molar-refractivity contribution in [3.8, 4) is 0 Å². The number of fused-ring (bicyclic) bond motifs is 6. The van der Waals surface area contributed by atoms with Crippen LogP contribution in [-0.2, 0) is 9.68 Å². The Morgan fingerprint density at radius 3 is 1.98 bits per heavy atom. The molecule has 0 radical (unpaired) electrons. The first-order valence-electron chi connectivity index (χ1n) is 16.8. The lowest BCUT2D eigenvalue weighted by Crippen LogP contribution is -2.59. The summed E-state index contributed by atoms with van der Waals surface area (Å²) >= 11 is 3.39. The summed E-state index contributed by atoms with van der Waals surface area (Å²) in [6, 6.07) is 20.2. The summed E-state index contributed by atoms with van der Waals surface area (Å²) in [6.07, 6.45) is 10.3. The SMILES string of the molecule is Brc1ccc2cccnc2c1.Cl.NC1=NO[C@@]2(C1)CN1CCC2CC1.c1cnc2cc(N=C3C[C@@]4(CN5CCC4CC5)ON3)ccc2c1. The second-order valence-electron chi connectivity index (χ2n) is 13.7. The number of aliphatic imine (C=N–C) groups is 1. The zero-order valence-electron chi connectivity index (χ0n) is 26.9. The van der Waals surface area contributed by atoms with Gasteiger partial charge in [0, 0.05) is 53.1 Å². The molecule has 2 aromatic heterocycles. The van der Waals surface area contributed by atoms with Gasteiger partial charge in [-0.3, -0.25) is 25.2 Å². The van der Waals surface area contributed by atoms with E-state index in [1.807, 2.05) is 48.7 Å². The maximum Gasteiger partial charge on any atom is 0.160 e. The molecule has 252 valence electrons. The summed E-state index contributed by atoms with van der Waals surface area (Å²) in [6.45, 7) is 6.97. The first-order chi connectivity index (χ1) is 23.0. The molecule has 0 aliphatic carbocycles. The number of pyridine rings is 2. The van der Waals surface area contributed by atoms with Gasteiger partial charge in [0.1, 0.15) is 17.3 Å². The molecule has 2 atom stereocenters. The maximum atomic E-state index is 6.05. The summed E-state index contributed by atoms with van der Waals surface area (Å²) in [5.74, 6) is 2.95. The quantitative estimate of drug-likeness (QED) is 0.237. The summed E-state index contributed by atoms with van der Waals surface area (Å²) < 4.78 is 1.07. The fraction of sp³-hybridized carbons (Fsp3) is 0.444. The van der Waals surface area contributed by atoms with Crippen molar-refractivity contribution < 1.29 is 9.68 Å². The molecular formula is C36H42BrClN8O2. The maximum absolute atomic E-state index is 6.05. The average Bonchev–Trinajstić information content (AvgIpc) is 3.67. The number of benzene rings is 2. The van der Waals surface area contributed by atoms with Crippen molar-refractivity contribution in [3.63, 3.8) is 0 Å². The Kier molecular flexibility index (Phi) is 9.59. The minimum Gasteiger partial charge on any atom is -0.386 e. The van der Waals surface area contributed by atoms with E-state index in [0.717, 1.165) is 58.3 Å². The molecule has 48 heavy (non-hydrogen) atoms. The number of hydrogen-bond donors (Lipinski definition) is 2. The number of hydroxylamine groups is 1. The lowest BCUT2D eigenvalue weighted by atomic mass is 9.74. The number of amidine groups is 2. The molecule has 12 rings (SSSR count). The highest BCUT2D eigenvalue weighted by Gasteiger charge is 2.53. The lowest BCUT2D eigenvalue weighted by molar-refractivity contribution is -0.150. The third-order valence-corrected chi connectivity index (χ3v) is 11.2. The number of halogens is 2. The molecule has 2 aromatic carbocycles. The third-order valence-electron chi connectivity index (χ3n) is 10.7. The Labute approximate surface area is 295 Å². The van der Waals surface area contributed by atoms with E-state index in [1.54, 1.807) is 6.20 Å². The van der Waals surface area contributed by atoms with Crippen molar-refractivity contribution >= 4 is 67.5 Å². The monoisotopic (exact) mass is 732 g/mol. The molecule has 8 aliphatic heterocycles. The van der Waals surface area contributed by atoms with E-state index in [9.17, 15) is 0 Å². The third kappa shape index (κ3) is 6.76. The van der Waals surface area contributed by atoms with Gasteiger partial charge in [-0.2, -0.15) is 0 Å². The van der Waals surface area contributed by atoms with Crippen molar-refractivity contribution in [1.29, 1.82) is 0 Å². The molecular weight excluding hydrogens is 692 g/mol. The predicted octanol–water partition coefficient (Wildman–Crippen LogP) is 6.22. The van der Waals surface area contributed by atoms with Gasteiger partial charge in [0.2, 0.25) is 0 Å². The highest BCUT2D eigenvalue weighted by Crippen LogP contribution is 2.43. The first-order valence-corrected chi connectivity index (χ1v) is 17.6. The van der Waals surface area contributed by atoms with E-state index < -0.39 is 0 Å². The normalized spacial score (nSPS) is 31.8. The standard InChI is InChI=1S/C18H20N4O.C9H6BrN.C9H15N3O.ClH/c1-2-13-3-4-15(10-16(13)19-7-1)20-17-11-18(23-21-17)12-22-8-5-14(18)6-9-22;10-8-4-3-7-2-1-5-11-9(7)6-8;10-8-5-9(13-11-8)6-12-3-1-7(9)2-4-12;/h1-4,7,10,14H,5-6,8-9,11-12H2,(H,20,21);1-6H;7H,1-6H2,(H2,10,11);1H/t18-;;9-;/m0.0./s1. The van der Waals surface area contributed by atoms with Gasteiger partial charge in [-0.05, 0) is 94.2 Å². The largest absolute Gasteiger partial charge is 0.386 e. The second-order valence-corrected chi connectivity index (χ2v) is 14.7. The van der Waals surface area contributed by atoms with Crippen LogP contribution in [0, 0.1) is 11.8 Å². The zero-order valence-corrected chi connectivity index (χ0v) is 29.3. The molecule has 7 fully saturated rings. The van der Waals surface area contributed by atoms with E-state index in [-0.39, 0.29) is 23.6 Å². The van der Waals surface area contributed by atoms with Crippen LogP contribution in [0.2, 0.25) is 0 Å². The number of oxime groups is 1. The number of nitrogens with two attached hydrogens (primary N) is 1. The molecule has 4 aromatic rings. The fourth-order valence-corrected chi connectivity index (χ4v) is 8.64. The lowest BCUT2D eigenvalue weighted by Gasteiger charge is -2.49. The van der Waals surface area contributed by atoms with Gasteiger partial charge in [0.05, 0.1) is 23.1 Å². The number of nitrogens with one attached hydrogen (secondary N) is 1. The van der Waals surface area contributed by atoms with E-state index in [2.05, 4.69) is 64.5 Å². The van der Waals surface area contributed by atoms with Crippen LogP contribution in [0.4, 0.5) is 5.69 Å². The number of hydrogen-bond acceptors (Lipinski definition) is 9. The van der Waals surface area contributed by atoms with Gasteiger partial charge in [-0.15, -0.1) is 12.4 Å². The molecule has 0 saturated carbocycles. The summed E-state index contributed by atoms with van der Waals surface area (Å²) in [7, 11) is 0. The summed E-state index contributed by atoms with van der Waals surface area (Å²) in [4.78, 5) is 30.0. The number of aromatic nitrogens is 2. The van der Waals surface area contributed by atoms with Crippen molar-refractivity contribution in [1.82, 2.24) is 25.2 Å². The van der Waals surface area contributed by atoms with Crippen LogP contribution in [0.25, 0.3) is 21.8 Å². The minimum absolute atomic E-state index is 0. The topological polar surface area (TPSA) is 113 Å². The Balaban J connectivity index is 0.000000124. The van der Waals surface area contributed by atoms with Crippen molar-refractivity contribution in [2.45, 2.75) is 49.7 Å². The van der Waals surface area contributed by atoms with Crippen molar-refractivity contribution in [2.24, 2.45) is 27.7 Å². The van der Waals surface area contributed by atoms with E-state index in [4.69, 9.17) is 20.4 Å². The summed E-state index contributed by atoms with van der Waals surface area (Å²) in [5.41, 5.74) is 11.6. The highest BCUT2D eigenvalue weighted by atomic mass is 79.9. The van der Waals surface area contributed by atoms with Crippen LogP contribution in [0.5, 0.6) is 0 Å². The fourth-order valence-electron chi connectivity index (χ4n) is 8.29. The first kappa shape index (κ1) is 33.2. The Morgan fingerprint density at radius 2 is 1.40 bits per heavy atom. The molecule has 4 bridgehead atoms. The molecule has 0 unspecified atom stereocenters. The van der Waals surface area contributed by atoms with E-state index >= 15 is 0 Å². The van der Waals surface area contributed by atoms with Crippen LogP contribution >= 0.6 is 28.3 Å². The highest BCUT2D eigenvalue weighted by molar-refractivity contribution is 9.10. The van der Waals surface area contributed by atoms with Crippen molar-refractivity contribution in [3.05, 3.63) is 77.5 Å². The van der Waals surface area contributed by atoms with Crippen LogP contribution in [0.1, 0.15) is 38.5 Å². The number of nitrogens with zero attached hydrogens (tertiary/aromatic N) is 6. The van der Waals surface area contributed by atoms with E-state index in [0.29, 0.717) is 17.7 Å². The minimum atomic E-state index is -0.0650. The van der Waals surface area contributed by atoms with Gasteiger partial charge in [0.15, 0.2) is 5.60 Å². The van der Waals surface area contributed by atoms with Crippen molar-refractivity contribution in [2.75, 3.05) is 39.3 Å². The Morgan fingerprint density at radius 1 is 0.792 bits per heavy atom. The molecule has 12 heteroatoms. The van der Waals surface area contributed by atoms with Crippen LogP contribution in [0.3, 0.4) is 0 Å². The molecule has 2 spiro atoms. The molecule has 3 N–H and O–H groups in total. The van der Waals surface area contributed by atoms with Gasteiger partial charge in [-0.25, -0.2) is 4.99 Å². The Hall–Kier alpha value is -3.35.